The van der Waals surface area contributed by atoms with Crippen LogP contribution in [0.3, 0.4) is 0 Å². The third-order valence-corrected chi connectivity index (χ3v) is 3.09. The van der Waals surface area contributed by atoms with Gasteiger partial charge < -0.3 is 5.32 Å². The van der Waals surface area contributed by atoms with Crippen LogP contribution in [-0.2, 0) is 6.42 Å². The van der Waals surface area contributed by atoms with Crippen molar-refractivity contribution in [2.75, 3.05) is 5.32 Å². The zero-order valence-corrected chi connectivity index (χ0v) is 10.9. The van der Waals surface area contributed by atoms with Crippen molar-refractivity contribution in [2.45, 2.75) is 13.3 Å². The van der Waals surface area contributed by atoms with E-state index in [4.69, 9.17) is 11.6 Å². The van der Waals surface area contributed by atoms with Crippen LogP contribution in [-0.4, -0.2) is 5.91 Å². The minimum atomic E-state index is -0.179. The first kappa shape index (κ1) is 12.7. The van der Waals surface area contributed by atoms with Gasteiger partial charge in [-0.25, -0.2) is 0 Å². The number of amides is 1. The molecule has 1 amide bonds. The van der Waals surface area contributed by atoms with E-state index in [0.717, 1.165) is 17.7 Å². The van der Waals surface area contributed by atoms with Gasteiger partial charge in [-0.3, -0.25) is 4.79 Å². The molecule has 0 heterocycles. The topological polar surface area (TPSA) is 29.1 Å². The van der Waals surface area contributed by atoms with Gasteiger partial charge in [-0.05, 0) is 30.2 Å². The molecule has 0 fully saturated rings. The number of carbonyl (C=O) groups excluding carboxylic acids is 1. The van der Waals surface area contributed by atoms with Gasteiger partial charge >= 0.3 is 0 Å². The molecule has 2 rings (SSSR count). The maximum atomic E-state index is 12.1. The van der Waals surface area contributed by atoms with Crippen LogP contribution >= 0.6 is 11.6 Å². The second kappa shape index (κ2) is 5.69. The standard InChI is InChI=1S/C15H14ClNO/c1-2-11-7-3-6-10-14(11)17-15(18)12-8-4-5-9-13(12)16/h3-10H,2H2,1H3,(H,17,18). The second-order valence-corrected chi connectivity index (χ2v) is 4.35. The summed E-state index contributed by atoms with van der Waals surface area (Å²) in [6.07, 6.45) is 0.874. The lowest BCUT2D eigenvalue weighted by Gasteiger charge is -2.10. The van der Waals surface area contributed by atoms with Crippen molar-refractivity contribution >= 4 is 23.2 Å². The number of benzene rings is 2. The number of hydrogen-bond donors (Lipinski definition) is 1. The average Bonchev–Trinajstić information content (AvgIpc) is 2.39. The maximum Gasteiger partial charge on any atom is 0.257 e. The van der Waals surface area contributed by atoms with Crippen molar-refractivity contribution in [1.29, 1.82) is 0 Å². The van der Waals surface area contributed by atoms with Gasteiger partial charge in [-0.15, -0.1) is 0 Å². The molecule has 0 unspecified atom stereocenters. The van der Waals surface area contributed by atoms with Gasteiger partial charge in [0.15, 0.2) is 0 Å². The number of hydrogen-bond acceptors (Lipinski definition) is 1. The molecule has 2 nitrogen and oxygen atoms in total. The minimum Gasteiger partial charge on any atom is -0.322 e. The van der Waals surface area contributed by atoms with Crippen molar-refractivity contribution in [1.82, 2.24) is 0 Å². The molecule has 0 saturated heterocycles. The van der Waals surface area contributed by atoms with E-state index in [9.17, 15) is 4.79 Å². The minimum absolute atomic E-state index is 0.179. The Hall–Kier alpha value is -1.80. The summed E-state index contributed by atoms with van der Waals surface area (Å²) in [6.45, 7) is 2.06. The third kappa shape index (κ3) is 2.71. The van der Waals surface area contributed by atoms with E-state index in [1.165, 1.54) is 0 Å². The number of halogens is 1. The van der Waals surface area contributed by atoms with Crippen LogP contribution in [0.2, 0.25) is 5.02 Å². The van der Waals surface area contributed by atoms with Crippen molar-refractivity contribution in [3.8, 4) is 0 Å². The molecule has 0 aliphatic carbocycles. The monoisotopic (exact) mass is 259 g/mol. The predicted octanol–water partition coefficient (Wildman–Crippen LogP) is 4.15. The molecule has 3 heteroatoms. The van der Waals surface area contributed by atoms with Crippen LogP contribution < -0.4 is 5.32 Å². The molecule has 0 radical (unpaired) electrons. The molecular weight excluding hydrogens is 246 g/mol. The molecule has 2 aromatic rings. The normalized spacial score (nSPS) is 10.1. The van der Waals surface area contributed by atoms with E-state index in [-0.39, 0.29) is 5.91 Å². The molecule has 18 heavy (non-hydrogen) atoms. The summed E-state index contributed by atoms with van der Waals surface area (Å²) < 4.78 is 0. The summed E-state index contributed by atoms with van der Waals surface area (Å²) in [5.74, 6) is -0.179. The number of carbonyl (C=O) groups is 1. The first-order valence-electron chi connectivity index (χ1n) is 5.86. The fraction of sp³-hybridized carbons (Fsp3) is 0.133. The Kier molecular flexibility index (Phi) is 4.00. The lowest BCUT2D eigenvalue weighted by Crippen LogP contribution is -2.13. The molecule has 92 valence electrons. The van der Waals surface area contributed by atoms with Crippen molar-refractivity contribution in [3.05, 3.63) is 64.7 Å². The first-order chi connectivity index (χ1) is 8.72. The van der Waals surface area contributed by atoms with Gasteiger partial charge in [0.25, 0.3) is 5.91 Å². The Morgan fingerprint density at radius 2 is 1.78 bits per heavy atom. The fourth-order valence-electron chi connectivity index (χ4n) is 1.79. The van der Waals surface area contributed by atoms with E-state index in [0.29, 0.717) is 10.6 Å². The Bertz CT molecular complexity index is 566. The highest BCUT2D eigenvalue weighted by Gasteiger charge is 2.10. The highest BCUT2D eigenvalue weighted by molar-refractivity contribution is 6.34. The molecule has 0 aromatic heterocycles. The highest BCUT2D eigenvalue weighted by Crippen LogP contribution is 2.19. The molecule has 0 aliphatic rings. The second-order valence-electron chi connectivity index (χ2n) is 3.94. The molecule has 0 bridgehead atoms. The Morgan fingerprint density at radius 1 is 1.11 bits per heavy atom. The SMILES string of the molecule is CCc1ccccc1NC(=O)c1ccccc1Cl. The van der Waals surface area contributed by atoms with Crippen LogP contribution in [0, 0.1) is 0 Å². The van der Waals surface area contributed by atoms with E-state index >= 15 is 0 Å². The van der Waals surface area contributed by atoms with Gasteiger partial charge in [0, 0.05) is 5.69 Å². The van der Waals surface area contributed by atoms with Crippen LogP contribution in [0.4, 0.5) is 5.69 Å². The number of aryl methyl sites for hydroxylation is 1. The molecule has 1 N–H and O–H groups in total. The Balaban J connectivity index is 2.24. The smallest absolute Gasteiger partial charge is 0.257 e. The average molecular weight is 260 g/mol. The summed E-state index contributed by atoms with van der Waals surface area (Å²) >= 11 is 6.00. The van der Waals surface area contributed by atoms with Crippen molar-refractivity contribution in [3.63, 3.8) is 0 Å². The third-order valence-electron chi connectivity index (χ3n) is 2.76. The van der Waals surface area contributed by atoms with Gasteiger partial charge in [0.2, 0.25) is 0 Å². The van der Waals surface area contributed by atoms with E-state index < -0.39 is 0 Å². The summed E-state index contributed by atoms with van der Waals surface area (Å²) in [5.41, 5.74) is 2.44. The van der Waals surface area contributed by atoms with Crippen LogP contribution in [0.1, 0.15) is 22.8 Å². The summed E-state index contributed by atoms with van der Waals surface area (Å²) in [6, 6.07) is 14.8. The van der Waals surface area contributed by atoms with Gasteiger partial charge in [-0.2, -0.15) is 0 Å². The maximum absolute atomic E-state index is 12.1. The Labute approximate surface area is 112 Å². The van der Waals surface area contributed by atoms with Gasteiger partial charge in [0.05, 0.1) is 10.6 Å². The summed E-state index contributed by atoms with van der Waals surface area (Å²) in [7, 11) is 0. The fourth-order valence-corrected chi connectivity index (χ4v) is 2.01. The van der Waals surface area contributed by atoms with E-state index in [1.54, 1.807) is 24.3 Å². The molecule has 0 atom stereocenters. The number of nitrogens with one attached hydrogen (secondary N) is 1. The number of rotatable bonds is 3. The quantitative estimate of drug-likeness (QED) is 0.881. The molecule has 0 aliphatic heterocycles. The molecular formula is C15H14ClNO. The van der Waals surface area contributed by atoms with Gasteiger partial charge in [-0.1, -0.05) is 48.9 Å². The first-order valence-corrected chi connectivity index (χ1v) is 6.24. The lowest BCUT2D eigenvalue weighted by molar-refractivity contribution is 0.102. The van der Waals surface area contributed by atoms with Gasteiger partial charge in [0.1, 0.15) is 0 Å². The summed E-state index contributed by atoms with van der Waals surface area (Å²) in [4.78, 5) is 12.1. The lowest BCUT2D eigenvalue weighted by atomic mass is 10.1. The highest BCUT2D eigenvalue weighted by atomic mass is 35.5. The summed E-state index contributed by atoms with van der Waals surface area (Å²) in [5, 5.41) is 3.36. The predicted molar refractivity (Wildman–Crippen MR) is 75.2 cm³/mol. The zero-order valence-electron chi connectivity index (χ0n) is 10.1. The number of para-hydroxylation sites is 1. The van der Waals surface area contributed by atoms with E-state index in [1.807, 2.05) is 24.3 Å². The van der Waals surface area contributed by atoms with Crippen molar-refractivity contribution < 1.29 is 4.79 Å². The van der Waals surface area contributed by atoms with E-state index in [2.05, 4.69) is 12.2 Å². The molecule has 0 spiro atoms. The Morgan fingerprint density at radius 3 is 2.50 bits per heavy atom. The van der Waals surface area contributed by atoms with Crippen LogP contribution in [0.5, 0.6) is 0 Å². The van der Waals surface area contributed by atoms with Crippen LogP contribution in [0.15, 0.2) is 48.5 Å². The van der Waals surface area contributed by atoms with Crippen molar-refractivity contribution in [2.24, 2.45) is 0 Å². The zero-order chi connectivity index (χ0) is 13.0. The number of anilines is 1. The molecule has 2 aromatic carbocycles. The largest absolute Gasteiger partial charge is 0.322 e. The van der Waals surface area contributed by atoms with Crippen LogP contribution in [0.25, 0.3) is 0 Å². The molecule has 0 saturated carbocycles.